The number of hydrogen-bond acceptors (Lipinski definition) is 7. The molecule has 7 rings (SSSR count). The summed E-state index contributed by atoms with van der Waals surface area (Å²) < 4.78 is 13.0. The van der Waals surface area contributed by atoms with E-state index in [0.29, 0.717) is 42.3 Å². The molecule has 8 nitrogen and oxygen atoms in total. The minimum atomic E-state index is -1.84. The highest BCUT2D eigenvalue weighted by molar-refractivity contribution is 5.90. The summed E-state index contributed by atoms with van der Waals surface area (Å²) in [6.45, 7) is 5.17. The molecule has 0 saturated carbocycles. The summed E-state index contributed by atoms with van der Waals surface area (Å²) in [5.41, 5.74) is 4.94. The molecule has 0 spiro atoms. The van der Waals surface area contributed by atoms with Gasteiger partial charge < -0.3 is 24.0 Å². The largest absolute Gasteiger partial charge is 0.473 e. The van der Waals surface area contributed by atoms with Gasteiger partial charge in [-0.15, -0.1) is 0 Å². The van der Waals surface area contributed by atoms with Gasteiger partial charge in [-0.2, -0.15) is 0 Å². The van der Waals surface area contributed by atoms with Crippen LogP contribution in [0.15, 0.2) is 53.3 Å². The van der Waals surface area contributed by atoms with E-state index in [1.165, 1.54) is 5.56 Å². The Bertz CT molecular complexity index is 1710. The Balaban J connectivity index is 1.37. The Labute approximate surface area is 212 Å². The third kappa shape index (κ3) is 3.02. The van der Waals surface area contributed by atoms with Crippen molar-refractivity contribution in [2.45, 2.75) is 45.6 Å². The van der Waals surface area contributed by atoms with E-state index < -0.39 is 11.6 Å². The van der Waals surface area contributed by atoms with Crippen LogP contribution in [0.5, 0.6) is 5.75 Å². The Morgan fingerprint density at radius 1 is 1.05 bits per heavy atom. The molecule has 0 saturated heterocycles. The van der Waals surface area contributed by atoms with Crippen molar-refractivity contribution in [3.63, 3.8) is 0 Å². The fourth-order valence-corrected chi connectivity index (χ4v) is 5.85. The number of aryl methyl sites for hydroxylation is 1. The zero-order valence-electron chi connectivity index (χ0n) is 20.6. The number of ether oxygens (including phenoxy) is 2. The Hall–Kier alpha value is -4.17. The first-order chi connectivity index (χ1) is 17.9. The van der Waals surface area contributed by atoms with E-state index in [2.05, 4.69) is 30.0 Å². The lowest BCUT2D eigenvalue weighted by atomic mass is 9.86. The topological polar surface area (TPSA) is 93.9 Å². The summed E-state index contributed by atoms with van der Waals surface area (Å²) in [6.07, 6.45) is 0.114. The van der Waals surface area contributed by atoms with E-state index in [0.717, 1.165) is 33.5 Å². The highest BCUT2D eigenvalue weighted by Crippen LogP contribution is 2.41. The number of carbonyl (C=O) groups excluding carboxylic acids is 1. The average molecular weight is 496 g/mol. The smallest absolute Gasteiger partial charge is 0.343 e. The number of benzene rings is 2. The number of anilines is 1. The van der Waals surface area contributed by atoms with Crippen LogP contribution in [-0.2, 0) is 34.8 Å². The molecule has 2 aromatic heterocycles. The number of pyridine rings is 2. The normalized spacial score (nSPS) is 19.5. The first-order valence-electron chi connectivity index (χ1n) is 12.4. The van der Waals surface area contributed by atoms with Crippen LogP contribution in [0.25, 0.3) is 22.3 Å². The highest BCUT2D eigenvalue weighted by atomic mass is 16.6. The molecule has 0 unspecified atom stereocenters. The SMILES string of the molecule is CC[C@@]1(O)C(=O)OCc2c1cc1n(c2=O)Cc2cc3c4c(ccc3nc2-1)OCN(c1ccccc1C)C4. The second-order valence-corrected chi connectivity index (χ2v) is 9.97. The Morgan fingerprint density at radius 3 is 2.70 bits per heavy atom. The van der Waals surface area contributed by atoms with Crippen LogP contribution in [0.2, 0.25) is 0 Å². The maximum Gasteiger partial charge on any atom is 0.343 e. The van der Waals surface area contributed by atoms with Crippen molar-refractivity contribution < 1.29 is 19.4 Å². The predicted molar refractivity (Wildman–Crippen MR) is 137 cm³/mol. The standard InChI is InChI=1S/C29H25N3O5/c1-3-29(35)21-11-24-26-17(12-32(24)27(33)20(21)14-36-28(29)34)10-18-19-13-31(23-7-5-4-6-16(23)2)15-37-25(19)9-8-22(18)30-26/h4-11,35H,3,12-15H2,1-2H3/t29-/m0/s1. The van der Waals surface area contributed by atoms with Gasteiger partial charge in [0.1, 0.15) is 12.4 Å². The minimum Gasteiger partial charge on any atom is -0.473 e. The van der Waals surface area contributed by atoms with Crippen LogP contribution in [0.1, 0.15) is 41.2 Å². The van der Waals surface area contributed by atoms with Crippen molar-refractivity contribution in [1.82, 2.24) is 9.55 Å². The molecule has 1 N–H and O–H groups in total. The lowest BCUT2D eigenvalue weighted by Crippen LogP contribution is -2.44. The summed E-state index contributed by atoms with van der Waals surface area (Å²) in [6, 6.07) is 16.0. The first kappa shape index (κ1) is 22.1. The zero-order valence-corrected chi connectivity index (χ0v) is 20.6. The van der Waals surface area contributed by atoms with Crippen LogP contribution in [0, 0.1) is 6.92 Å². The molecule has 186 valence electrons. The summed E-state index contributed by atoms with van der Waals surface area (Å²) in [7, 11) is 0. The number of aromatic nitrogens is 2. The number of cyclic esters (lactones) is 1. The first-order valence-corrected chi connectivity index (χ1v) is 12.4. The van der Waals surface area contributed by atoms with Gasteiger partial charge in [0, 0.05) is 27.8 Å². The van der Waals surface area contributed by atoms with Gasteiger partial charge in [0.2, 0.25) is 0 Å². The highest BCUT2D eigenvalue weighted by Gasteiger charge is 2.45. The van der Waals surface area contributed by atoms with Gasteiger partial charge in [0.25, 0.3) is 5.56 Å². The molecule has 0 fully saturated rings. The number of esters is 1. The second-order valence-electron chi connectivity index (χ2n) is 9.97. The third-order valence-corrected chi connectivity index (χ3v) is 7.94. The molecule has 0 bridgehead atoms. The fourth-order valence-electron chi connectivity index (χ4n) is 5.85. The molecule has 37 heavy (non-hydrogen) atoms. The van der Waals surface area contributed by atoms with E-state index in [-0.39, 0.29) is 18.6 Å². The number of hydrogen-bond donors (Lipinski definition) is 1. The summed E-state index contributed by atoms with van der Waals surface area (Å²) in [5.74, 6) is 0.118. The maximum absolute atomic E-state index is 13.4. The maximum atomic E-state index is 13.4. The van der Waals surface area contributed by atoms with E-state index >= 15 is 0 Å². The summed E-state index contributed by atoms with van der Waals surface area (Å²) in [4.78, 5) is 33.0. The third-order valence-electron chi connectivity index (χ3n) is 7.94. The molecule has 4 aromatic rings. The van der Waals surface area contributed by atoms with Crippen LogP contribution in [0.4, 0.5) is 5.69 Å². The number of fused-ring (bicyclic) bond motifs is 7. The molecular weight excluding hydrogens is 470 g/mol. The van der Waals surface area contributed by atoms with Gasteiger partial charge in [-0.25, -0.2) is 9.78 Å². The lowest BCUT2D eigenvalue weighted by Gasteiger charge is -2.32. The summed E-state index contributed by atoms with van der Waals surface area (Å²) >= 11 is 0. The van der Waals surface area contributed by atoms with Crippen LogP contribution in [0.3, 0.4) is 0 Å². The molecule has 0 amide bonds. The van der Waals surface area contributed by atoms with Crippen molar-refractivity contribution in [3.05, 3.63) is 86.7 Å². The van der Waals surface area contributed by atoms with Crippen molar-refractivity contribution in [2.24, 2.45) is 0 Å². The Morgan fingerprint density at radius 2 is 1.89 bits per heavy atom. The van der Waals surface area contributed by atoms with Gasteiger partial charge >= 0.3 is 5.97 Å². The van der Waals surface area contributed by atoms with E-state index in [9.17, 15) is 14.7 Å². The van der Waals surface area contributed by atoms with Gasteiger partial charge in [-0.05, 0) is 49.2 Å². The molecule has 1 atom stereocenters. The van der Waals surface area contributed by atoms with E-state index in [1.54, 1.807) is 17.6 Å². The van der Waals surface area contributed by atoms with Gasteiger partial charge in [-0.3, -0.25) is 4.79 Å². The van der Waals surface area contributed by atoms with Crippen molar-refractivity contribution in [2.75, 3.05) is 11.6 Å². The fraction of sp³-hybridized carbons (Fsp3) is 0.276. The monoisotopic (exact) mass is 495 g/mol. The van der Waals surface area contributed by atoms with Crippen LogP contribution < -0.4 is 15.2 Å². The molecule has 3 aliphatic rings. The van der Waals surface area contributed by atoms with Crippen LogP contribution in [-0.4, -0.2) is 27.4 Å². The summed E-state index contributed by atoms with van der Waals surface area (Å²) in [5, 5.41) is 12.1. The van der Waals surface area contributed by atoms with Gasteiger partial charge in [-0.1, -0.05) is 25.1 Å². The Kier molecular flexibility index (Phi) is 4.57. The molecule has 0 aliphatic carbocycles. The minimum absolute atomic E-state index is 0.114. The van der Waals surface area contributed by atoms with Crippen LogP contribution >= 0.6 is 0 Å². The van der Waals surface area contributed by atoms with Crippen molar-refractivity contribution in [3.8, 4) is 17.1 Å². The number of para-hydroxylation sites is 1. The van der Waals surface area contributed by atoms with Gasteiger partial charge in [0.15, 0.2) is 12.3 Å². The van der Waals surface area contributed by atoms with E-state index in [4.69, 9.17) is 14.5 Å². The molecule has 5 heterocycles. The molecular formula is C29H25N3O5. The predicted octanol–water partition coefficient (Wildman–Crippen LogP) is 3.74. The molecule has 8 heteroatoms. The average Bonchev–Trinajstić information content (AvgIpc) is 3.28. The van der Waals surface area contributed by atoms with Gasteiger partial charge in [0.05, 0.1) is 35.6 Å². The number of nitrogens with zero attached hydrogens (tertiary/aromatic N) is 3. The lowest BCUT2D eigenvalue weighted by molar-refractivity contribution is -0.172. The number of aliphatic hydroxyl groups is 1. The molecule has 0 radical (unpaired) electrons. The zero-order chi connectivity index (χ0) is 25.5. The molecule has 2 aromatic carbocycles. The quantitative estimate of drug-likeness (QED) is 0.373. The van der Waals surface area contributed by atoms with E-state index in [1.807, 2.05) is 24.3 Å². The van der Waals surface area contributed by atoms with Crippen molar-refractivity contribution >= 4 is 22.6 Å². The molecule has 3 aliphatic heterocycles. The number of carbonyl (C=O) groups is 1. The second kappa shape index (κ2) is 7.66. The number of rotatable bonds is 2. The van der Waals surface area contributed by atoms with Crippen molar-refractivity contribution in [1.29, 1.82) is 0 Å².